The number of carbonyl (C=O) groups excluding carboxylic acids is 2. The van der Waals surface area contributed by atoms with Gasteiger partial charge in [0.25, 0.3) is 11.8 Å². The predicted molar refractivity (Wildman–Crippen MR) is 76.8 cm³/mol. The van der Waals surface area contributed by atoms with Gasteiger partial charge in [-0.05, 0) is 25.7 Å². The molecule has 1 heterocycles. The third kappa shape index (κ3) is 3.25. The molecule has 0 spiro atoms. The van der Waals surface area contributed by atoms with E-state index in [4.69, 9.17) is 5.11 Å². The minimum atomic E-state index is -0.154. The van der Waals surface area contributed by atoms with E-state index in [-0.39, 0.29) is 18.4 Å². The van der Waals surface area contributed by atoms with Gasteiger partial charge in [-0.2, -0.15) is 0 Å². The Morgan fingerprint density at radius 2 is 1.45 bits per heavy atom. The van der Waals surface area contributed by atoms with Gasteiger partial charge in [0.2, 0.25) is 0 Å². The normalized spacial score (nSPS) is 20.1. The van der Waals surface area contributed by atoms with Gasteiger partial charge in [-0.25, -0.2) is 0 Å². The number of rotatable bonds is 6. The van der Waals surface area contributed by atoms with Crippen molar-refractivity contribution in [1.29, 1.82) is 0 Å². The second kappa shape index (κ2) is 7.20. The Morgan fingerprint density at radius 3 is 2.00 bits per heavy atom. The summed E-state index contributed by atoms with van der Waals surface area (Å²) in [5, 5.41) is 8.72. The highest BCUT2D eigenvalue weighted by Gasteiger charge is 2.37. The molecule has 108 valence electrons. The molecule has 1 saturated heterocycles. The van der Waals surface area contributed by atoms with E-state index in [2.05, 4.69) is 0 Å². The number of amides is 2. The Morgan fingerprint density at radius 1 is 0.900 bits per heavy atom. The van der Waals surface area contributed by atoms with Gasteiger partial charge in [-0.3, -0.25) is 14.5 Å². The molecule has 0 aromatic heterocycles. The van der Waals surface area contributed by atoms with Gasteiger partial charge < -0.3 is 5.11 Å². The molecule has 2 aliphatic rings. The second-order valence-electron chi connectivity index (χ2n) is 5.08. The third-order valence-electron chi connectivity index (χ3n) is 3.61. The average molecular weight is 275 g/mol. The Balaban J connectivity index is 1.98. The fourth-order valence-electron chi connectivity index (χ4n) is 2.51. The molecule has 0 unspecified atom stereocenters. The van der Waals surface area contributed by atoms with E-state index in [1.807, 2.05) is 24.3 Å². The van der Waals surface area contributed by atoms with Crippen molar-refractivity contribution in [2.75, 3.05) is 13.2 Å². The molecule has 1 aliphatic carbocycles. The molecule has 1 N–H and O–H groups in total. The van der Waals surface area contributed by atoms with Crippen LogP contribution in [0.3, 0.4) is 0 Å². The summed E-state index contributed by atoms with van der Waals surface area (Å²) in [6, 6.07) is 0. The summed E-state index contributed by atoms with van der Waals surface area (Å²) in [7, 11) is 0. The lowest BCUT2D eigenvalue weighted by molar-refractivity contribution is -0.136. The van der Waals surface area contributed by atoms with E-state index in [0.29, 0.717) is 30.5 Å². The number of hydrogen-bond acceptors (Lipinski definition) is 3. The Kier molecular flexibility index (Phi) is 5.30. The van der Waals surface area contributed by atoms with Crippen LogP contribution in [0.5, 0.6) is 0 Å². The van der Waals surface area contributed by atoms with Gasteiger partial charge >= 0.3 is 0 Å². The summed E-state index contributed by atoms with van der Waals surface area (Å²) in [5.41, 5.74) is 1.13. The van der Waals surface area contributed by atoms with E-state index in [1.54, 1.807) is 0 Å². The zero-order chi connectivity index (χ0) is 14.4. The molecule has 0 atom stereocenters. The van der Waals surface area contributed by atoms with Crippen LogP contribution in [0.25, 0.3) is 0 Å². The Bertz CT molecular complexity index is 438. The maximum absolute atomic E-state index is 12.3. The first kappa shape index (κ1) is 14.7. The molecule has 2 amide bonds. The van der Waals surface area contributed by atoms with Crippen LogP contribution in [0.2, 0.25) is 0 Å². The molecule has 0 bridgehead atoms. The number of aliphatic hydroxyl groups excluding tert-OH is 1. The monoisotopic (exact) mass is 275 g/mol. The van der Waals surface area contributed by atoms with Crippen molar-refractivity contribution >= 4 is 11.8 Å². The van der Waals surface area contributed by atoms with Crippen LogP contribution in [0.15, 0.2) is 35.5 Å². The van der Waals surface area contributed by atoms with Crippen LogP contribution in [0.4, 0.5) is 0 Å². The topological polar surface area (TPSA) is 57.6 Å². The van der Waals surface area contributed by atoms with E-state index < -0.39 is 0 Å². The standard InChI is InChI=1S/C16H21NO3/c18-12-8-4-3-7-11-17-15(19)13-9-5-1-2-6-10-14(13)16(17)20/h1-2,9-10,18H,3-8,11-12H2/b2-1-,13-9?,14-10?. The number of allylic oxidation sites excluding steroid dienone is 4. The highest BCUT2D eigenvalue weighted by Crippen LogP contribution is 2.27. The fraction of sp³-hybridized carbons (Fsp3) is 0.500. The first-order chi connectivity index (χ1) is 9.75. The van der Waals surface area contributed by atoms with Crippen LogP contribution in [0, 0.1) is 0 Å². The van der Waals surface area contributed by atoms with E-state index in [1.165, 1.54) is 4.90 Å². The van der Waals surface area contributed by atoms with Crippen molar-refractivity contribution in [1.82, 2.24) is 4.90 Å². The van der Waals surface area contributed by atoms with Crippen molar-refractivity contribution in [3.05, 3.63) is 35.5 Å². The largest absolute Gasteiger partial charge is 0.396 e. The van der Waals surface area contributed by atoms with E-state index in [9.17, 15) is 9.59 Å². The minimum Gasteiger partial charge on any atom is -0.396 e. The van der Waals surface area contributed by atoms with Gasteiger partial charge in [0, 0.05) is 24.3 Å². The van der Waals surface area contributed by atoms with E-state index >= 15 is 0 Å². The molecule has 0 aromatic carbocycles. The number of aliphatic hydroxyl groups is 1. The molecule has 1 fully saturated rings. The Hall–Kier alpha value is -1.68. The van der Waals surface area contributed by atoms with Crippen molar-refractivity contribution in [2.45, 2.75) is 38.5 Å². The summed E-state index contributed by atoms with van der Waals surface area (Å²) in [6.07, 6.45) is 12.6. The van der Waals surface area contributed by atoms with Crippen molar-refractivity contribution in [3.8, 4) is 0 Å². The predicted octanol–water partition coefficient (Wildman–Crippen LogP) is 2.11. The molecule has 20 heavy (non-hydrogen) atoms. The molecule has 1 aliphatic heterocycles. The number of carbonyl (C=O) groups is 2. The molecular formula is C16H21NO3. The molecular weight excluding hydrogens is 254 g/mol. The van der Waals surface area contributed by atoms with E-state index in [0.717, 1.165) is 25.7 Å². The SMILES string of the molecule is O=C1C2=CC/C=C\CC=C2C(=O)N1CCCCCCO. The second-order valence-corrected chi connectivity index (χ2v) is 5.08. The number of nitrogens with zero attached hydrogens (tertiary/aromatic N) is 1. The number of unbranched alkanes of at least 4 members (excludes halogenated alkanes) is 3. The number of fused-ring (bicyclic) bond motifs is 1. The van der Waals surface area contributed by atoms with Gasteiger partial charge in [0.05, 0.1) is 0 Å². The molecule has 4 heteroatoms. The molecule has 4 nitrogen and oxygen atoms in total. The first-order valence-electron chi connectivity index (χ1n) is 7.28. The maximum atomic E-state index is 12.3. The highest BCUT2D eigenvalue weighted by molar-refractivity contribution is 6.24. The van der Waals surface area contributed by atoms with Crippen LogP contribution in [0.1, 0.15) is 38.5 Å². The van der Waals surface area contributed by atoms with Gasteiger partial charge in [0.1, 0.15) is 0 Å². The minimum absolute atomic E-state index is 0.154. The van der Waals surface area contributed by atoms with Crippen LogP contribution in [-0.2, 0) is 9.59 Å². The van der Waals surface area contributed by atoms with Crippen LogP contribution in [-0.4, -0.2) is 35.0 Å². The summed E-state index contributed by atoms with van der Waals surface area (Å²) < 4.78 is 0. The summed E-state index contributed by atoms with van der Waals surface area (Å²) in [6.45, 7) is 0.680. The quantitative estimate of drug-likeness (QED) is 0.459. The Labute approximate surface area is 119 Å². The van der Waals surface area contributed by atoms with Gasteiger partial charge in [-0.15, -0.1) is 0 Å². The maximum Gasteiger partial charge on any atom is 0.261 e. The third-order valence-corrected chi connectivity index (χ3v) is 3.61. The van der Waals surface area contributed by atoms with Crippen LogP contribution >= 0.6 is 0 Å². The van der Waals surface area contributed by atoms with Crippen molar-refractivity contribution in [2.24, 2.45) is 0 Å². The number of hydrogen-bond donors (Lipinski definition) is 1. The number of imide groups is 1. The van der Waals surface area contributed by atoms with Gasteiger partial charge in [-0.1, -0.05) is 37.1 Å². The summed E-state index contributed by atoms with van der Waals surface area (Å²) in [4.78, 5) is 25.9. The highest BCUT2D eigenvalue weighted by atomic mass is 16.3. The molecule has 2 rings (SSSR count). The van der Waals surface area contributed by atoms with Gasteiger partial charge in [0.15, 0.2) is 0 Å². The smallest absolute Gasteiger partial charge is 0.261 e. The molecule has 0 radical (unpaired) electrons. The number of likely N-dealkylation sites (tertiary alicyclic amines) is 1. The molecule has 0 aromatic rings. The average Bonchev–Trinajstić information content (AvgIpc) is 2.61. The first-order valence-corrected chi connectivity index (χ1v) is 7.28. The fourth-order valence-corrected chi connectivity index (χ4v) is 2.51. The lowest BCUT2D eigenvalue weighted by Crippen LogP contribution is -2.30. The lowest BCUT2D eigenvalue weighted by Gasteiger charge is -2.12. The lowest BCUT2D eigenvalue weighted by atomic mass is 10.0. The van der Waals surface area contributed by atoms with Crippen LogP contribution < -0.4 is 0 Å². The van der Waals surface area contributed by atoms with Crippen molar-refractivity contribution in [3.63, 3.8) is 0 Å². The zero-order valence-electron chi connectivity index (χ0n) is 11.7. The summed E-state index contributed by atoms with van der Waals surface area (Å²) >= 11 is 0. The summed E-state index contributed by atoms with van der Waals surface area (Å²) in [5.74, 6) is -0.308. The zero-order valence-corrected chi connectivity index (χ0v) is 11.7. The molecule has 0 saturated carbocycles. The van der Waals surface area contributed by atoms with Crippen molar-refractivity contribution < 1.29 is 14.7 Å².